The van der Waals surface area contributed by atoms with Crippen molar-refractivity contribution in [1.82, 2.24) is 4.90 Å². The number of anilines is 1. The fraction of sp³-hybridized carbons (Fsp3) is 0.217. The summed E-state index contributed by atoms with van der Waals surface area (Å²) in [5.74, 6) is -0.274. The third-order valence-electron chi connectivity index (χ3n) is 5.19. The summed E-state index contributed by atoms with van der Waals surface area (Å²) in [5, 5.41) is 11.2. The first-order chi connectivity index (χ1) is 14.1. The molecule has 0 unspecified atom stereocenters. The van der Waals surface area contributed by atoms with E-state index in [4.69, 9.17) is 9.84 Å². The number of ether oxygens (including phenoxy) is 1. The van der Waals surface area contributed by atoms with Gasteiger partial charge in [0, 0.05) is 37.3 Å². The lowest BCUT2D eigenvalue weighted by atomic mass is 10.1. The van der Waals surface area contributed by atoms with Crippen LogP contribution in [0.4, 0.5) is 5.69 Å². The molecule has 29 heavy (non-hydrogen) atoms. The van der Waals surface area contributed by atoms with E-state index in [0.29, 0.717) is 31.9 Å². The van der Waals surface area contributed by atoms with Crippen LogP contribution in [0.3, 0.4) is 0 Å². The van der Waals surface area contributed by atoms with Crippen molar-refractivity contribution in [3.63, 3.8) is 0 Å². The van der Waals surface area contributed by atoms with Gasteiger partial charge in [-0.15, -0.1) is 0 Å². The van der Waals surface area contributed by atoms with E-state index in [0.717, 1.165) is 16.5 Å². The van der Waals surface area contributed by atoms with Crippen molar-refractivity contribution in [2.24, 2.45) is 0 Å². The SMILES string of the molecule is O=C(O)c1cccc(N2CCN(C(=O)COc3cccc4ccccc34)CC2)c1. The van der Waals surface area contributed by atoms with Gasteiger partial charge in [0.15, 0.2) is 6.61 Å². The highest BCUT2D eigenvalue weighted by molar-refractivity contribution is 5.89. The molecule has 0 aliphatic carbocycles. The van der Waals surface area contributed by atoms with Crippen LogP contribution in [0.15, 0.2) is 66.7 Å². The number of nitrogens with zero attached hydrogens (tertiary/aromatic N) is 2. The molecule has 1 N–H and O–H groups in total. The zero-order chi connectivity index (χ0) is 20.2. The maximum absolute atomic E-state index is 12.6. The van der Waals surface area contributed by atoms with Gasteiger partial charge in [0.05, 0.1) is 5.56 Å². The normalized spacial score (nSPS) is 14.1. The number of hydrogen-bond acceptors (Lipinski definition) is 4. The number of carbonyl (C=O) groups is 2. The van der Waals surface area contributed by atoms with Crippen LogP contribution >= 0.6 is 0 Å². The molecule has 1 amide bonds. The number of aromatic carboxylic acids is 1. The van der Waals surface area contributed by atoms with Crippen LogP contribution in [-0.2, 0) is 4.79 Å². The predicted molar refractivity (Wildman–Crippen MR) is 112 cm³/mol. The standard InChI is InChI=1S/C23H22N2O4/c26-22(16-29-21-10-4-6-17-5-1-2-9-20(17)21)25-13-11-24(12-14-25)19-8-3-7-18(15-19)23(27)28/h1-10,15H,11-14,16H2,(H,27,28). The van der Waals surface area contributed by atoms with Gasteiger partial charge in [-0.25, -0.2) is 4.79 Å². The Balaban J connectivity index is 1.34. The Bertz CT molecular complexity index is 1040. The predicted octanol–water partition coefficient (Wildman–Crippen LogP) is 3.27. The van der Waals surface area contributed by atoms with Crippen molar-refractivity contribution in [2.75, 3.05) is 37.7 Å². The van der Waals surface area contributed by atoms with Crippen LogP contribution in [0, 0.1) is 0 Å². The second-order valence-corrected chi connectivity index (χ2v) is 6.99. The van der Waals surface area contributed by atoms with Crippen LogP contribution in [0.2, 0.25) is 0 Å². The fourth-order valence-electron chi connectivity index (χ4n) is 3.60. The van der Waals surface area contributed by atoms with Crippen LogP contribution < -0.4 is 9.64 Å². The van der Waals surface area contributed by atoms with Gasteiger partial charge in [-0.05, 0) is 29.7 Å². The number of carbonyl (C=O) groups excluding carboxylic acids is 1. The molecule has 4 rings (SSSR count). The summed E-state index contributed by atoms with van der Waals surface area (Å²) in [5.41, 5.74) is 1.13. The second-order valence-electron chi connectivity index (χ2n) is 6.99. The Hall–Kier alpha value is -3.54. The first-order valence-corrected chi connectivity index (χ1v) is 9.58. The quantitative estimate of drug-likeness (QED) is 0.724. The molecule has 0 aromatic heterocycles. The average molecular weight is 390 g/mol. The molecule has 6 nitrogen and oxygen atoms in total. The molecule has 1 aliphatic heterocycles. The van der Waals surface area contributed by atoms with Gasteiger partial charge < -0.3 is 19.6 Å². The van der Waals surface area contributed by atoms with Crippen molar-refractivity contribution in [1.29, 1.82) is 0 Å². The highest BCUT2D eigenvalue weighted by Crippen LogP contribution is 2.25. The lowest BCUT2D eigenvalue weighted by molar-refractivity contribution is -0.133. The number of piperazine rings is 1. The molecule has 0 spiro atoms. The van der Waals surface area contributed by atoms with E-state index < -0.39 is 5.97 Å². The maximum Gasteiger partial charge on any atom is 0.335 e. The molecule has 0 saturated carbocycles. The Kier molecular flexibility index (Phi) is 5.33. The van der Waals surface area contributed by atoms with Gasteiger partial charge in [0.2, 0.25) is 0 Å². The zero-order valence-corrected chi connectivity index (χ0v) is 16.0. The van der Waals surface area contributed by atoms with Gasteiger partial charge in [0.25, 0.3) is 5.91 Å². The van der Waals surface area contributed by atoms with Gasteiger partial charge >= 0.3 is 5.97 Å². The molecule has 3 aromatic rings. The molecule has 3 aromatic carbocycles. The third-order valence-corrected chi connectivity index (χ3v) is 5.19. The third kappa shape index (κ3) is 4.16. The maximum atomic E-state index is 12.6. The number of carboxylic acids is 1. The Morgan fingerprint density at radius 2 is 1.62 bits per heavy atom. The summed E-state index contributed by atoms with van der Waals surface area (Å²) in [7, 11) is 0. The average Bonchev–Trinajstić information content (AvgIpc) is 2.77. The first kappa shape index (κ1) is 18.8. The van der Waals surface area contributed by atoms with E-state index in [1.807, 2.05) is 48.5 Å². The molecule has 6 heteroatoms. The summed E-state index contributed by atoms with van der Waals surface area (Å²) < 4.78 is 5.82. The molecule has 0 atom stereocenters. The smallest absolute Gasteiger partial charge is 0.335 e. The summed E-state index contributed by atoms with van der Waals surface area (Å²) in [6.45, 7) is 2.47. The number of carboxylic acid groups (broad SMARTS) is 1. The highest BCUT2D eigenvalue weighted by Gasteiger charge is 2.22. The number of rotatable bonds is 5. The van der Waals surface area contributed by atoms with Crippen molar-refractivity contribution < 1.29 is 19.4 Å². The van der Waals surface area contributed by atoms with Crippen molar-refractivity contribution in [3.05, 3.63) is 72.3 Å². The Morgan fingerprint density at radius 3 is 2.41 bits per heavy atom. The minimum absolute atomic E-state index is 0.00249. The van der Waals surface area contributed by atoms with E-state index >= 15 is 0 Å². The summed E-state index contributed by atoms with van der Waals surface area (Å²) in [6.07, 6.45) is 0. The molecule has 0 radical (unpaired) electrons. The van der Waals surface area contributed by atoms with E-state index in [1.54, 1.807) is 23.1 Å². The number of fused-ring (bicyclic) bond motifs is 1. The van der Waals surface area contributed by atoms with Gasteiger partial charge in [-0.2, -0.15) is 0 Å². The number of amides is 1. The molecule has 1 saturated heterocycles. The molecular weight excluding hydrogens is 368 g/mol. The van der Waals surface area contributed by atoms with Gasteiger partial charge in [0.1, 0.15) is 5.75 Å². The summed E-state index contributed by atoms with van der Waals surface area (Å²) in [4.78, 5) is 27.7. The second kappa shape index (κ2) is 8.22. The van der Waals surface area contributed by atoms with E-state index in [9.17, 15) is 9.59 Å². The van der Waals surface area contributed by atoms with Gasteiger partial charge in [-0.1, -0.05) is 42.5 Å². The molecular formula is C23H22N2O4. The minimum atomic E-state index is -0.939. The first-order valence-electron chi connectivity index (χ1n) is 9.58. The molecule has 1 heterocycles. The fourth-order valence-corrected chi connectivity index (χ4v) is 3.60. The molecule has 148 valence electrons. The molecule has 0 bridgehead atoms. The summed E-state index contributed by atoms with van der Waals surface area (Å²) in [6, 6.07) is 20.6. The monoisotopic (exact) mass is 390 g/mol. The Labute approximate surface area is 168 Å². The minimum Gasteiger partial charge on any atom is -0.483 e. The van der Waals surface area contributed by atoms with Crippen LogP contribution in [0.25, 0.3) is 10.8 Å². The topological polar surface area (TPSA) is 70.1 Å². The lowest BCUT2D eigenvalue weighted by Crippen LogP contribution is -2.50. The van der Waals surface area contributed by atoms with E-state index in [1.165, 1.54) is 0 Å². The molecule has 1 aliphatic rings. The zero-order valence-electron chi connectivity index (χ0n) is 16.0. The van der Waals surface area contributed by atoms with Crippen molar-refractivity contribution >= 4 is 28.3 Å². The van der Waals surface area contributed by atoms with E-state index in [-0.39, 0.29) is 18.1 Å². The summed E-state index contributed by atoms with van der Waals surface area (Å²) >= 11 is 0. The highest BCUT2D eigenvalue weighted by atomic mass is 16.5. The van der Waals surface area contributed by atoms with Crippen LogP contribution in [0.1, 0.15) is 10.4 Å². The lowest BCUT2D eigenvalue weighted by Gasteiger charge is -2.36. The largest absolute Gasteiger partial charge is 0.483 e. The number of benzene rings is 3. The van der Waals surface area contributed by atoms with Crippen LogP contribution in [-0.4, -0.2) is 54.7 Å². The number of hydrogen-bond donors (Lipinski definition) is 1. The molecule has 1 fully saturated rings. The van der Waals surface area contributed by atoms with Crippen molar-refractivity contribution in [3.8, 4) is 5.75 Å². The van der Waals surface area contributed by atoms with E-state index in [2.05, 4.69) is 4.90 Å². The van der Waals surface area contributed by atoms with Crippen molar-refractivity contribution in [2.45, 2.75) is 0 Å². The Morgan fingerprint density at radius 1 is 0.897 bits per heavy atom. The van der Waals surface area contributed by atoms with Gasteiger partial charge in [-0.3, -0.25) is 4.79 Å². The van der Waals surface area contributed by atoms with Crippen LogP contribution in [0.5, 0.6) is 5.75 Å².